The molecule has 1 aliphatic heterocycles. The van der Waals surface area contributed by atoms with E-state index in [4.69, 9.17) is 14.7 Å². The van der Waals surface area contributed by atoms with Gasteiger partial charge in [0.25, 0.3) is 0 Å². The number of hydrogen-bond acceptors (Lipinski definition) is 6. The van der Waals surface area contributed by atoms with Gasteiger partial charge in [0.05, 0.1) is 36.2 Å². The molecule has 1 unspecified atom stereocenters. The summed E-state index contributed by atoms with van der Waals surface area (Å²) in [4.78, 5) is 20.6. The van der Waals surface area contributed by atoms with Crippen LogP contribution in [0.5, 0.6) is 11.6 Å². The lowest BCUT2D eigenvalue weighted by atomic mass is 10.0. The number of benzene rings is 2. The van der Waals surface area contributed by atoms with Crippen LogP contribution in [0.15, 0.2) is 54.7 Å². The van der Waals surface area contributed by atoms with Crippen molar-refractivity contribution in [2.75, 3.05) is 44.5 Å². The van der Waals surface area contributed by atoms with Gasteiger partial charge in [-0.1, -0.05) is 12.1 Å². The molecule has 8 nitrogen and oxygen atoms in total. The number of halogens is 3. The summed E-state index contributed by atoms with van der Waals surface area (Å²) in [5.41, 5.74) is 1.68. The van der Waals surface area contributed by atoms with E-state index in [1.54, 1.807) is 24.3 Å². The van der Waals surface area contributed by atoms with E-state index in [0.29, 0.717) is 35.5 Å². The number of rotatable bonds is 8. The molecule has 1 aliphatic rings. The highest BCUT2D eigenvalue weighted by atomic mass is 19.4. The quantitative estimate of drug-likeness (QED) is 0.398. The van der Waals surface area contributed by atoms with Gasteiger partial charge in [0.2, 0.25) is 5.88 Å². The number of methoxy groups -OCH3 is 1. The minimum atomic E-state index is -4.62. The molecule has 0 saturated heterocycles. The fourth-order valence-corrected chi connectivity index (χ4v) is 4.32. The first-order valence-corrected chi connectivity index (χ1v) is 12.2. The number of alkyl halides is 3. The number of nitrogens with one attached hydrogen (secondary N) is 1. The Bertz CT molecular complexity index is 1350. The number of nitrogens with zero attached hydrogens (tertiary/aromatic N) is 4. The van der Waals surface area contributed by atoms with Crippen LogP contribution in [0.3, 0.4) is 0 Å². The maximum atomic E-state index is 13.5. The average Bonchev–Trinajstić information content (AvgIpc) is 3.34. The molecule has 0 radical (unpaired) electrons. The standard InChI is InChI=1S/C28H28F3N5O3/c1-35(2)12-11-24(19-6-4-18(16-32)5-7-19)39-26-9-8-21(17-33-26)34-27(37)36-13-10-20-14-25(38-3)22(15-23(20)36)28(29,30)31/h4-9,14-15,17,24H,10-13H2,1-3H3,(H,34,37). The molecular formula is C28H28F3N5O3. The van der Waals surface area contributed by atoms with Crippen LogP contribution < -0.4 is 19.7 Å². The Morgan fingerprint density at radius 3 is 2.54 bits per heavy atom. The molecule has 39 heavy (non-hydrogen) atoms. The number of nitriles is 1. The highest BCUT2D eigenvalue weighted by Crippen LogP contribution is 2.42. The van der Waals surface area contributed by atoms with E-state index in [-0.39, 0.29) is 24.1 Å². The van der Waals surface area contributed by atoms with Crippen LogP contribution in [0.4, 0.5) is 29.3 Å². The normalized spacial score (nSPS) is 13.5. The van der Waals surface area contributed by atoms with Crippen molar-refractivity contribution >= 4 is 17.4 Å². The summed E-state index contributed by atoms with van der Waals surface area (Å²) in [6, 6.07) is 14.2. The zero-order chi connectivity index (χ0) is 28.2. The summed E-state index contributed by atoms with van der Waals surface area (Å²) in [6.07, 6.45) is -2.41. The Hall–Kier alpha value is -4.30. The van der Waals surface area contributed by atoms with Crippen molar-refractivity contribution in [2.24, 2.45) is 0 Å². The molecule has 0 spiro atoms. The molecule has 1 atom stereocenters. The molecule has 0 aliphatic carbocycles. The monoisotopic (exact) mass is 539 g/mol. The Balaban J connectivity index is 1.46. The van der Waals surface area contributed by atoms with E-state index < -0.39 is 17.8 Å². The van der Waals surface area contributed by atoms with Gasteiger partial charge >= 0.3 is 12.2 Å². The predicted molar refractivity (Wildman–Crippen MR) is 140 cm³/mol. The summed E-state index contributed by atoms with van der Waals surface area (Å²) in [5.74, 6) is 0.0720. The average molecular weight is 540 g/mol. The number of urea groups is 1. The van der Waals surface area contributed by atoms with Crippen LogP contribution in [-0.2, 0) is 12.6 Å². The van der Waals surface area contributed by atoms with Crippen LogP contribution in [0.1, 0.15) is 34.8 Å². The van der Waals surface area contributed by atoms with Gasteiger partial charge in [0.15, 0.2) is 0 Å². The minimum Gasteiger partial charge on any atom is -0.496 e. The van der Waals surface area contributed by atoms with Crippen molar-refractivity contribution in [1.29, 1.82) is 5.26 Å². The Kier molecular flexibility index (Phi) is 8.26. The van der Waals surface area contributed by atoms with Gasteiger partial charge in [-0.05, 0) is 62.0 Å². The minimum absolute atomic E-state index is 0.194. The molecule has 0 bridgehead atoms. The summed E-state index contributed by atoms with van der Waals surface area (Å²) < 4.78 is 51.6. The van der Waals surface area contributed by atoms with E-state index in [1.165, 1.54) is 24.3 Å². The number of fused-ring (bicyclic) bond motifs is 1. The molecule has 2 aromatic carbocycles. The fourth-order valence-electron chi connectivity index (χ4n) is 4.32. The molecule has 0 fully saturated rings. The van der Waals surface area contributed by atoms with Gasteiger partial charge in [-0.25, -0.2) is 9.78 Å². The van der Waals surface area contributed by atoms with E-state index in [1.807, 2.05) is 31.1 Å². The van der Waals surface area contributed by atoms with Crippen molar-refractivity contribution in [1.82, 2.24) is 9.88 Å². The molecule has 11 heteroatoms. The summed E-state index contributed by atoms with van der Waals surface area (Å²) in [6.45, 7) is 0.996. The second-order valence-corrected chi connectivity index (χ2v) is 9.33. The van der Waals surface area contributed by atoms with Crippen LogP contribution in [0.2, 0.25) is 0 Å². The number of amides is 2. The van der Waals surface area contributed by atoms with E-state index in [0.717, 1.165) is 18.2 Å². The molecule has 204 valence electrons. The summed E-state index contributed by atoms with van der Waals surface area (Å²) in [5, 5.41) is 11.8. The van der Waals surface area contributed by atoms with E-state index in [9.17, 15) is 18.0 Å². The number of anilines is 2. The van der Waals surface area contributed by atoms with Crippen molar-refractivity contribution in [3.8, 4) is 17.7 Å². The fraction of sp³-hybridized carbons (Fsp3) is 0.321. The van der Waals surface area contributed by atoms with E-state index in [2.05, 4.69) is 16.4 Å². The lowest BCUT2D eigenvalue weighted by Crippen LogP contribution is -2.33. The summed E-state index contributed by atoms with van der Waals surface area (Å²) in [7, 11) is 5.11. The lowest BCUT2D eigenvalue weighted by molar-refractivity contribution is -0.138. The predicted octanol–water partition coefficient (Wildman–Crippen LogP) is 5.65. The molecular weight excluding hydrogens is 511 g/mol. The molecule has 4 rings (SSSR count). The smallest absolute Gasteiger partial charge is 0.420 e. The van der Waals surface area contributed by atoms with Crippen LogP contribution in [-0.4, -0.2) is 50.2 Å². The van der Waals surface area contributed by atoms with Gasteiger partial charge < -0.3 is 19.7 Å². The third-order valence-electron chi connectivity index (χ3n) is 6.35. The Labute approximate surface area is 224 Å². The topological polar surface area (TPSA) is 90.7 Å². The Morgan fingerprint density at radius 2 is 1.95 bits per heavy atom. The van der Waals surface area contributed by atoms with Crippen LogP contribution in [0.25, 0.3) is 0 Å². The first-order valence-electron chi connectivity index (χ1n) is 12.2. The maximum absolute atomic E-state index is 13.5. The van der Waals surface area contributed by atoms with Gasteiger partial charge in [0, 0.05) is 31.3 Å². The van der Waals surface area contributed by atoms with Gasteiger partial charge in [0.1, 0.15) is 11.9 Å². The number of pyridine rings is 1. The zero-order valence-corrected chi connectivity index (χ0v) is 21.7. The molecule has 2 heterocycles. The second kappa shape index (κ2) is 11.6. The maximum Gasteiger partial charge on any atom is 0.420 e. The van der Waals surface area contributed by atoms with Crippen LogP contribution >= 0.6 is 0 Å². The molecule has 3 aromatic rings. The van der Waals surface area contributed by atoms with Crippen LogP contribution in [0, 0.1) is 11.3 Å². The largest absolute Gasteiger partial charge is 0.496 e. The van der Waals surface area contributed by atoms with Crippen molar-refractivity contribution in [2.45, 2.75) is 25.1 Å². The van der Waals surface area contributed by atoms with Gasteiger partial charge in [-0.3, -0.25) is 4.90 Å². The first kappa shape index (κ1) is 27.7. The number of carbonyl (C=O) groups excluding carboxylic acids is 1. The lowest BCUT2D eigenvalue weighted by Gasteiger charge is -2.22. The highest BCUT2D eigenvalue weighted by molar-refractivity contribution is 6.03. The molecule has 0 saturated carbocycles. The summed E-state index contributed by atoms with van der Waals surface area (Å²) >= 11 is 0. The SMILES string of the molecule is COc1cc2c(cc1C(F)(F)F)N(C(=O)Nc1ccc(OC(CCN(C)C)c3ccc(C#N)cc3)nc1)CC2. The zero-order valence-electron chi connectivity index (χ0n) is 21.7. The van der Waals surface area contributed by atoms with Crippen molar-refractivity contribution in [3.05, 3.63) is 77.0 Å². The third kappa shape index (κ3) is 6.59. The number of ether oxygens (including phenoxy) is 2. The Morgan fingerprint density at radius 1 is 1.21 bits per heavy atom. The number of aromatic nitrogens is 1. The number of hydrogen-bond donors (Lipinski definition) is 1. The molecule has 1 aromatic heterocycles. The second-order valence-electron chi connectivity index (χ2n) is 9.33. The molecule has 1 N–H and O–H groups in total. The number of carbonyl (C=O) groups is 1. The van der Waals surface area contributed by atoms with Gasteiger partial charge in [-0.15, -0.1) is 0 Å². The molecule has 2 amide bonds. The van der Waals surface area contributed by atoms with E-state index >= 15 is 0 Å². The van der Waals surface area contributed by atoms with Gasteiger partial charge in [-0.2, -0.15) is 18.4 Å². The first-order chi connectivity index (χ1) is 18.6. The third-order valence-corrected chi connectivity index (χ3v) is 6.35. The van der Waals surface area contributed by atoms with Crippen molar-refractivity contribution in [3.63, 3.8) is 0 Å². The van der Waals surface area contributed by atoms with Crippen molar-refractivity contribution < 1.29 is 27.4 Å². The highest BCUT2D eigenvalue weighted by Gasteiger charge is 2.37.